The summed E-state index contributed by atoms with van der Waals surface area (Å²) >= 11 is 0. The second-order valence-electron chi connectivity index (χ2n) is 7.91. The number of ether oxygens (including phenoxy) is 2. The lowest BCUT2D eigenvalue weighted by Crippen LogP contribution is -2.57. The molecule has 0 radical (unpaired) electrons. The van der Waals surface area contributed by atoms with Crippen molar-refractivity contribution in [2.24, 2.45) is 23.2 Å². The number of fused-ring (bicyclic) bond motifs is 2. The van der Waals surface area contributed by atoms with Gasteiger partial charge in [0.2, 0.25) is 5.89 Å². The molecule has 6 nitrogen and oxygen atoms in total. The highest BCUT2D eigenvalue weighted by Crippen LogP contribution is 2.61. The number of rotatable bonds is 6. The summed E-state index contributed by atoms with van der Waals surface area (Å²) < 4.78 is 16.0. The molecule has 2 bridgehead atoms. The van der Waals surface area contributed by atoms with Gasteiger partial charge in [-0.05, 0) is 42.9 Å². The lowest BCUT2D eigenvalue weighted by atomic mass is 9.45. The van der Waals surface area contributed by atoms with E-state index in [0.717, 1.165) is 6.42 Å². The summed E-state index contributed by atoms with van der Waals surface area (Å²) in [5.41, 5.74) is 0.403. The fraction of sp³-hybridized carbons (Fsp3) is 0.833. The second kappa shape index (κ2) is 6.47. The highest BCUT2D eigenvalue weighted by Gasteiger charge is 2.57. The van der Waals surface area contributed by atoms with E-state index in [2.05, 4.69) is 30.9 Å². The molecule has 0 amide bonds. The Balaban J connectivity index is 1.47. The Hall–Kier alpha value is -1.43. The SMILES string of the molecule is CO[C@H](C)c1noc(CCC(=O)O[C@H]2C[C@H]3C[C@@H]([C@@H]2C)C3(C)C)n1. The average Bonchev–Trinajstić information content (AvgIpc) is 3.02. The van der Waals surface area contributed by atoms with Crippen molar-refractivity contribution in [3.63, 3.8) is 0 Å². The van der Waals surface area contributed by atoms with Gasteiger partial charge >= 0.3 is 5.97 Å². The van der Waals surface area contributed by atoms with Crippen LogP contribution < -0.4 is 0 Å². The van der Waals surface area contributed by atoms with Crippen LogP contribution in [0.2, 0.25) is 0 Å². The molecular weight excluding hydrogens is 308 g/mol. The lowest BCUT2D eigenvalue weighted by molar-refractivity contribution is -0.186. The van der Waals surface area contributed by atoms with E-state index < -0.39 is 0 Å². The first-order chi connectivity index (χ1) is 11.3. The number of carbonyl (C=O) groups is 1. The third-order valence-electron chi connectivity index (χ3n) is 6.31. The Morgan fingerprint density at radius 1 is 1.42 bits per heavy atom. The van der Waals surface area contributed by atoms with Crippen LogP contribution in [0.4, 0.5) is 0 Å². The standard InChI is InChI=1S/C18H28N2O4/c1-10-13-8-12(18(13,3)4)9-14(10)23-16(21)7-6-15-19-17(20-24-15)11(2)22-5/h10-14H,6-9H2,1-5H3/t10-,11+,12+,13-,14-/m0/s1. The zero-order valence-corrected chi connectivity index (χ0v) is 15.2. The Morgan fingerprint density at radius 2 is 2.17 bits per heavy atom. The minimum atomic E-state index is -0.215. The van der Waals surface area contributed by atoms with Crippen molar-refractivity contribution in [3.8, 4) is 0 Å². The van der Waals surface area contributed by atoms with Gasteiger partial charge in [0.15, 0.2) is 5.82 Å². The third kappa shape index (κ3) is 3.08. The van der Waals surface area contributed by atoms with Gasteiger partial charge in [-0.3, -0.25) is 4.79 Å². The maximum atomic E-state index is 12.2. The van der Waals surface area contributed by atoms with E-state index >= 15 is 0 Å². The largest absolute Gasteiger partial charge is 0.462 e. The number of hydrogen-bond acceptors (Lipinski definition) is 6. The van der Waals surface area contributed by atoms with Crippen LogP contribution in [-0.4, -0.2) is 29.3 Å². The van der Waals surface area contributed by atoms with Crippen molar-refractivity contribution < 1.29 is 18.8 Å². The molecule has 1 aromatic heterocycles. The zero-order chi connectivity index (χ0) is 17.5. The summed E-state index contributed by atoms with van der Waals surface area (Å²) in [4.78, 5) is 16.4. The number of carbonyl (C=O) groups excluding carboxylic acids is 1. The molecule has 0 aromatic carbocycles. The molecule has 0 aliphatic heterocycles. The van der Waals surface area contributed by atoms with Crippen LogP contribution in [0.3, 0.4) is 0 Å². The van der Waals surface area contributed by atoms with E-state index in [-0.39, 0.29) is 24.6 Å². The molecule has 5 atom stereocenters. The molecular formula is C18H28N2O4. The Morgan fingerprint density at radius 3 is 2.79 bits per heavy atom. The Bertz CT molecular complexity index is 598. The predicted octanol–water partition coefficient (Wildman–Crippen LogP) is 3.32. The van der Waals surface area contributed by atoms with Crippen molar-refractivity contribution in [1.29, 1.82) is 0 Å². The van der Waals surface area contributed by atoms with Gasteiger partial charge in [-0.25, -0.2) is 0 Å². The molecule has 0 spiro atoms. The fourth-order valence-corrected chi connectivity index (χ4v) is 4.33. The molecule has 3 fully saturated rings. The van der Waals surface area contributed by atoms with Crippen LogP contribution in [0.15, 0.2) is 4.52 Å². The van der Waals surface area contributed by atoms with Crippen molar-refractivity contribution in [2.45, 2.75) is 65.6 Å². The number of nitrogens with zero attached hydrogens (tertiary/aromatic N) is 2. The van der Waals surface area contributed by atoms with Gasteiger partial charge in [-0.2, -0.15) is 4.98 Å². The van der Waals surface area contributed by atoms with E-state index in [1.54, 1.807) is 7.11 Å². The lowest BCUT2D eigenvalue weighted by Gasteiger charge is -2.61. The second-order valence-corrected chi connectivity index (χ2v) is 7.91. The van der Waals surface area contributed by atoms with Gasteiger partial charge in [0, 0.05) is 13.5 Å². The minimum absolute atomic E-state index is 0.0565. The Kier molecular flexibility index (Phi) is 4.69. The highest BCUT2D eigenvalue weighted by atomic mass is 16.5. The summed E-state index contributed by atoms with van der Waals surface area (Å²) in [5, 5.41) is 3.86. The van der Waals surface area contributed by atoms with E-state index in [9.17, 15) is 4.79 Å². The Labute approximate surface area is 143 Å². The smallest absolute Gasteiger partial charge is 0.306 e. The fourth-order valence-electron chi connectivity index (χ4n) is 4.33. The molecule has 1 heterocycles. The molecule has 0 unspecified atom stereocenters. The summed E-state index contributed by atoms with van der Waals surface area (Å²) in [6.07, 6.45) is 2.79. The molecule has 24 heavy (non-hydrogen) atoms. The normalized spacial score (nSPS) is 32.0. The number of esters is 1. The monoisotopic (exact) mass is 336 g/mol. The van der Waals surface area contributed by atoms with E-state index in [0.29, 0.717) is 41.3 Å². The van der Waals surface area contributed by atoms with Crippen molar-refractivity contribution in [2.75, 3.05) is 7.11 Å². The molecule has 3 aliphatic rings. The van der Waals surface area contributed by atoms with Gasteiger partial charge in [-0.1, -0.05) is 25.9 Å². The maximum Gasteiger partial charge on any atom is 0.306 e. The van der Waals surface area contributed by atoms with Crippen LogP contribution >= 0.6 is 0 Å². The van der Waals surface area contributed by atoms with Crippen molar-refractivity contribution in [3.05, 3.63) is 11.7 Å². The summed E-state index contributed by atoms with van der Waals surface area (Å²) in [6, 6.07) is 0. The molecule has 134 valence electrons. The molecule has 4 rings (SSSR count). The van der Waals surface area contributed by atoms with E-state index in [1.807, 2.05) is 6.92 Å². The number of aryl methyl sites for hydroxylation is 1. The summed E-state index contributed by atoms with van der Waals surface area (Å²) in [7, 11) is 1.59. The van der Waals surface area contributed by atoms with Gasteiger partial charge in [0.25, 0.3) is 0 Å². The van der Waals surface area contributed by atoms with Gasteiger partial charge in [0.05, 0.1) is 6.42 Å². The molecule has 0 N–H and O–H groups in total. The third-order valence-corrected chi connectivity index (χ3v) is 6.31. The molecule has 0 saturated heterocycles. The average molecular weight is 336 g/mol. The molecule has 1 aromatic rings. The van der Waals surface area contributed by atoms with Crippen LogP contribution in [0.25, 0.3) is 0 Å². The van der Waals surface area contributed by atoms with Crippen LogP contribution in [-0.2, 0) is 20.7 Å². The van der Waals surface area contributed by atoms with E-state index in [4.69, 9.17) is 14.0 Å². The summed E-state index contributed by atoms with van der Waals surface area (Å²) in [6.45, 7) is 8.75. The predicted molar refractivity (Wildman–Crippen MR) is 87.1 cm³/mol. The topological polar surface area (TPSA) is 74.5 Å². The van der Waals surface area contributed by atoms with Crippen LogP contribution in [0, 0.1) is 23.2 Å². The molecule has 6 heteroatoms. The highest BCUT2D eigenvalue weighted by molar-refractivity contribution is 5.69. The van der Waals surface area contributed by atoms with Crippen molar-refractivity contribution >= 4 is 5.97 Å². The first-order valence-electron chi connectivity index (χ1n) is 8.87. The van der Waals surface area contributed by atoms with Gasteiger partial charge in [-0.15, -0.1) is 0 Å². The van der Waals surface area contributed by atoms with Gasteiger partial charge < -0.3 is 14.0 Å². The zero-order valence-electron chi connectivity index (χ0n) is 15.2. The number of aromatic nitrogens is 2. The molecule has 3 saturated carbocycles. The van der Waals surface area contributed by atoms with Crippen LogP contribution in [0.5, 0.6) is 0 Å². The maximum absolute atomic E-state index is 12.2. The van der Waals surface area contributed by atoms with E-state index in [1.165, 1.54) is 6.42 Å². The first kappa shape index (κ1) is 17.4. The quantitative estimate of drug-likeness (QED) is 0.742. The first-order valence-corrected chi connectivity index (χ1v) is 8.87. The minimum Gasteiger partial charge on any atom is -0.462 e. The van der Waals surface area contributed by atoms with Crippen LogP contribution in [0.1, 0.15) is 64.8 Å². The van der Waals surface area contributed by atoms with Crippen molar-refractivity contribution in [1.82, 2.24) is 10.1 Å². The van der Waals surface area contributed by atoms with Gasteiger partial charge in [0.1, 0.15) is 12.2 Å². The number of methoxy groups -OCH3 is 1. The summed E-state index contributed by atoms with van der Waals surface area (Å²) in [5.74, 6) is 2.57. The molecule has 3 aliphatic carbocycles. The number of hydrogen-bond donors (Lipinski definition) is 0.